The first-order valence-electron chi connectivity index (χ1n) is 5.09. The lowest BCUT2D eigenvalue weighted by atomic mass is 10.1. The molecule has 5 heteroatoms. The highest BCUT2D eigenvalue weighted by atomic mass is 127. The molecule has 0 N–H and O–H groups in total. The maximum absolute atomic E-state index is 13.0. The molecule has 1 aromatic rings. The second-order valence-corrected chi connectivity index (χ2v) is 6.16. The number of carbonyl (C=O) groups is 1. The molecule has 1 aromatic carbocycles. The van der Waals surface area contributed by atoms with E-state index in [2.05, 4.69) is 15.9 Å². The fourth-order valence-electron chi connectivity index (χ4n) is 1.21. The molecule has 0 fully saturated rings. The molecule has 0 aliphatic rings. The molecular formula is C12H14BrFINO. The van der Waals surface area contributed by atoms with Crippen LogP contribution in [0.25, 0.3) is 0 Å². The van der Waals surface area contributed by atoms with Gasteiger partial charge in [0.05, 0.1) is 5.56 Å². The molecule has 0 aliphatic heterocycles. The molecule has 2 nitrogen and oxygen atoms in total. The third-order valence-corrected chi connectivity index (χ3v) is 4.97. The van der Waals surface area contributed by atoms with Crippen molar-refractivity contribution in [2.24, 2.45) is 0 Å². The minimum atomic E-state index is -0.326. The van der Waals surface area contributed by atoms with Crippen LogP contribution in [0.3, 0.4) is 0 Å². The van der Waals surface area contributed by atoms with Crippen molar-refractivity contribution in [3.05, 3.63) is 33.1 Å². The number of benzene rings is 1. The quantitative estimate of drug-likeness (QED) is 0.546. The Kier molecular flexibility index (Phi) is 4.95. The van der Waals surface area contributed by atoms with E-state index in [1.165, 1.54) is 18.2 Å². The van der Waals surface area contributed by atoms with Gasteiger partial charge in [-0.2, -0.15) is 0 Å². The van der Waals surface area contributed by atoms with Crippen LogP contribution in [0.2, 0.25) is 0 Å². The topological polar surface area (TPSA) is 20.3 Å². The van der Waals surface area contributed by atoms with Gasteiger partial charge in [-0.05, 0) is 54.6 Å². The molecule has 0 aliphatic carbocycles. The van der Waals surface area contributed by atoms with Crippen LogP contribution in [0.15, 0.2) is 18.2 Å². The lowest BCUT2D eigenvalue weighted by Crippen LogP contribution is -2.46. The highest BCUT2D eigenvalue weighted by Crippen LogP contribution is 2.21. The molecule has 1 rings (SSSR count). The zero-order valence-electron chi connectivity index (χ0n) is 9.93. The molecule has 0 aromatic heterocycles. The minimum absolute atomic E-state index is 0.0983. The highest BCUT2D eigenvalue weighted by molar-refractivity contribution is 14.1. The predicted molar refractivity (Wildman–Crippen MR) is 79.1 cm³/mol. The summed E-state index contributed by atoms with van der Waals surface area (Å²) >= 11 is 5.36. The molecule has 0 radical (unpaired) electrons. The summed E-state index contributed by atoms with van der Waals surface area (Å²) in [6.45, 7) is 3.94. The maximum Gasteiger partial charge on any atom is 0.255 e. The molecule has 0 saturated carbocycles. The number of rotatable bonds is 3. The molecule has 1 amide bonds. The summed E-state index contributed by atoms with van der Waals surface area (Å²) < 4.78 is 13.6. The Hall–Kier alpha value is -0.170. The molecule has 0 spiro atoms. The Balaban J connectivity index is 3.05. The molecule has 0 unspecified atom stereocenters. The second kappa shape index (κ2) is 5.65. The summed E-state index contributed by atoms with van der Waals surface area (Å²) in [5.41, 5.74) is 0.248. The van der Waals surface area contributed by atoms with Crippen LogP contribution >= 0.6 is 38.5 Å². The van der Waals surface area contributed by atoms with Gasteiger partial charge in [0.25, 0.3) is 5.91 Å². The Bertz CT molecular complexity index is 437. The number of amides is 1. The largest absolute Gasteiger partial charge is 0.336 e. The number of hydrogen-bond donors (Lipinski definition) is 0. The van der Waals surface area contributed by atoms with Gasteiger partial charge in [0, 0.05) is 21.5 Å². The van der Waals surface area contributed by atoms with E-state index in [1.807, 2.05) is 36.4 Å². The van der Waals surface area contributed by atoms with E-state index in [0.29, 0.717) is 14.5 Å². The average Bonchev–Trinajstić information content (AvgIpc) is 2.27. The lowest BCUT2D eigenvalue weighted by molar-refractivity contribution is 0.0662. The summed E-state index contributed by atoms with van der Waals surface area (Å²) in [6, 6.07) is 4.20. The first-order chi connectivity index (χ1) is 7.79. The number of carbonyl (C=O) groups excluding carboxylic acids is 1. The molecule has 0 bridgehead atoms. The normalized spacial score (nSPS) is 11.4. The van der Waals surface area contributed by atoms with E-state index in [9.17, 15) is 9.18 Å². The molecule has 0 heterocycles. The molecule has 94 valence electrons. The summed E-state index contributed by atoms with van der Waals surface area (Å²) in [5, 5.41) is 0.681. The van der Waals surface area contributed by atoms with Crippen molar-refractivity contribution in [3.8, 4) is 0 Å². The highest BCUT2D eigenvalue weighted by Gasteiger charge is 2.28. The van der Waals surface area contributed by atoms with Crippen LogP contribution in [0, 0.1) is 9.39 Å². The van der Waals surface area contributed by atoms with Gasteiger partial charge in [0.15, 0.2) is 0 Å². The van der Waals surface area contributed by atoms with Crippen LogP contribution in [0.4, 0.5) is 4.39 Å². The first-order valence-corrected chi connectivity index (χ1v) is 7.29. The minimum Gasteiger partial charge on any atom is -0.336 e. The van der Waals surface area contributed by atoms with Gasteiger partial charge in [-0.1, -0.05) is 15.9 Å². The zero-order chi connectivity index (χ0) is 13.2. The molecule has 0 atom stereocenters. The van der Waals surface area contributed by atoms with Gasteiger partial charge >= 0.3 is 0 Å². The Morgan fingerprint density at radius 1 is 1.53 bits per heavy atom. The van der Waals surface area contributed by atoms with Gasteiger partial charge in [-0.3, -0.25) is 4.79 Å². The van der Waals surface area contributed by atoms with Crippen LogP contribution in [-0.2, 0) is 0 Å². The fraction of sp³-hybridized carbons (Fsp3) is 0.417. The lowest BCUT2D eigenvalue weighted by Gasteiger charge is -2.34. The maximum atomic E-state index is 13.0. The molecule has 17 heavy (non-hydrogen) atoms. The van der Waals surface area contributed by atoms with Crippen molar-refractivity contribution in [3.63, 3.8) is 0 Å². The van der Waals surface area contributed by atoms with E-state index in [0.717, 1.165) is 0 Å². The van der Waals surface area contributed by atoms with E-state index in [4.69, 9.17) is 0 Å². The van der Waals surface area contributed by atoms with Gasteiger partial charge in [0.2, 0.25) is 0 Å². The van der Waals surface area contributed by atoms with E-state index in [1.54, 1.807) is 11.9 Å². The summed E-state index contributed by atoms with van der Waals surface area (Å²) in [7, 11) is 1.75. The van der Waals surface area contributed by atoms with Crippen molar-refractivity contribution in [2.45, 2.75) is 19.4 Å². The number of halogens is 3. The van der Waals surface area contributed by atoms with E-state index >= 15 is 0 Å². The van der Waals surface area contributed by atoms with Crippen molar-refractivity contribution in [1.29, 1.82) is 0 Å². The number of alkyl halides is 1. The SMILES string of the molecule is CN(C(=O)c1ccc(F)cc1I)C(C)(C)CBr. The third-order valence-electron chi connectivity index (χ3n) is 2.70. The monoisotopic (exact) mass is 413 g/mol. The Labute approximate surface area is 123 Å². The molecular weight excluding hydrogens is 400 g/mol. The Morgan fingerprint density at radius 2 is 2.12 bits per heavy atom. The average molecular weight is 414 g/mol. The smallest absolute Gasteiger partial charge is 0.255 e. The van der Waals surface area contributed by atoms with Crippen LogP contribution in [-0.4, -0.2) is 28.7 Å². The van der Waals surface area contributed by atoms with Crippen molar-refractivity contribution >= 4 is 44.4 Å². The van der Waals surface area contributed by atoms with Crippen LogP contribution < -0.4 is 0 Å². The van der Waals surface area contributed by atoms with Crippen molar-refractivity contribution in [1.82, 2.24) is 4.90 Å². The third kappa shape index (κ3) is 3.40. The number of nitrogens with zero attached hydrogens (tertiary/aromatic N) is 1. The Morgan fingerprint density at radius 3 is 2.59 bits per heavy atom. The van der Waals surface area contributed by atoms with Crippen molar-refractivity contribution < 1.29 is 9.18 Å². The summed E-state index contributed by atoms with van der Waals surface area (Å²) in [5.74, 6) is -0.424. The molecule has 0 saturated heterocycles. The summed E-state index contributed by atoms with van der Waals surface area (Å²) in [6.07, 6.45) is 0. The second-order valence-electron chi connectivity index (χ2n) is 4.43. The van der Waals surface area contributed by atoms with Gasteiger partial charge < -0.3 is 4.90 Å². The predicted octanol–water partition coefficient (Wildman–Crippen LogP) is 3.68. The standard InChI is InChI=1S/C12H14BrFINO/c1-12(2,7-13)16(3)11(17)9-5-4-8(14)6-10(9)15/h4-6H,7H2,1-3H3. The van der Waals surface area contributed by atoms with Gasteiger partial charge in [0.1, 0.15) is 5.82 Å². The number of hydrogen-bond acceptors (Lipinski definition) is 1. The first kappa shape index (κ1) is 14.9. The van der Waals surface area contributed by atoms with Crippen LogP contribution in [0.1, 0.15) is 24.2 Å². The van der Waals surface area contributed by atoms with E-state index in [-0.39, 0.29) is 17.3 Å². The summed E-state index contributed by atoms with van der Waals surface area (Å²) in [4.78, 5) is 13.9. The van der Waals surface area contributed by atoms with Crippen LogP contribution in [0.5, 0.6) is 0 Å². The van der Waals surface area contributed by atoms with Gasteiger partial charge in [-0.25, -0.2) is 4.39 Å². The fourth-order valence-corrected chi connectivity index (χ4v) is 2.29. The van der Waals surface area contributed by atoms with Gasteiger partial charge in [-0.15, -0.1) is 0 Å². The van der Waals surface area contributed by atoms with Crippen molar-refractivity contribution in [2.75, 3.05) is 12.4 Å². The van der Waals surface area contributed by atoms with E-state index < -0.39 is 0 Å². The zero-order valence-corrected chi connectivity index (χ0v) is 13.7.